The summed E-state index contributed by atoms with van der Waals surface area (Å²) < 4.78 is 11.8. The van der Waals surface area contributed by atoms with Gasteiger partial charge in [0.1, 0.15) is 11.4 Å². The second-order valence-electron chi connectivity index (χ2n) is 6.38. The van der Waals surface area contributed by atoms with Crippen LogP contribution in [0.1, 0.15) is 33.4 Å². The zero-order chi connectivity index (χ0) is 18.4. The molecule has 0 aliphatic rings. The van der Waals surface area contributed by atoms with Gasteiger partial charge >= 0.3 is 12.1 Å². The Bertz CT molecular complexity index is 733. The summed E-state index contributed by atoms with van der Waals surface area (Å²) >= 11 is 0. The van der Waals surface area contributed by atoms with Crippen LogP contribution in [0, 0.1) is 0 Å². The van der Waals surface area contributed by atoms with Crippen molar-refractivity contribution < 1.29 is 19.1 Å². The number of nitrogens with zero attached hydrogens (tertiary/aromatic N) is 2. The van der Waals surface area contributed by atoms with Crippen molar-refractivity contribution in [1.82, 2.24) is 9.78 Å². The minimum absolute atomic E-state index is 0.0245. The number of ether oxygens (including phenoxy) is 2. The minimum Gasteiger partial charge on any atom is -0.466 e. The fourth-order valence-corrected chi connectivity index (χ4v) is 2.14. The first-order valence-electron chi connectivity index (χ1n) is 8.08. The molecule has 0 atom stereocenters. The highest BCUT2D eigenvalue weighted by atomic mass is 16.6. The van der Waals surface area contributed by atoms with Gasteiger partial charge in [-0.2, -0.15) is 5.10 Å². The normalized spacial score (nSPS) is 11.0. The van der Waals surface area contributed by atoms with E-state index in [0.717, 1.165) is 5.69 Å². The lowest BCUT2D eigenvalue weighted by Crippen LogP contribution is -2.27. The van der Waals surface area contributed by atoms with Crippen molar-refractivity contribution in [3.63, 3.8) is 0 Å². The van der Waals surface area contributed by atoms with Crippen molar-refractivity contribution in [3.8, 4) is 5.69 Å². The molecule has 0 unspecified atom stereocenters. The van der Waals surface area contributed by atoms with Gasteiger partial charge in [0.25, 0.3) is 0 Å². The van der Waals surface area contributed by atoms with Gasteiger partial charge in [-0.05, 0) is 39.8 Å². The first kappa shape index (κ1) is 18.5. The molecule has 1 aromatic carbocycles. The van der Waals surface area contributed by atoms with Crippen LogP contribution in [0.3, 0.4) is 0 Å². The van der Waals surface area contributed by atoms with E-state index in [0.29, 0.717) is 18.1 Å². The van der Waals surface area contributed by atoms with E-state index in [1.165, 1.54) is 0 Å². The number of hydrogen-bond acceptors (Lipinski definition) is 5. The molecule has 0 fully saturated rings. The van der Waals surface area contributed by atoms with Gasteiger partial charge in [0.15, 0.2) is 0 Å². The number of para-hydroxylation sites is 1. The van der Waals surface area contributed by atoms with Gasteiger partial charge in [0.2, 0.25) is 0 Å². The predicted molar refractivity (Wildman–Crippen MR) is 93.8 cm³/mol. The first-order chi connectivity index (χ1) is 11.8. The maximum atomic E-state index is 12.1. The summed E-state index contributed by atoms with van der Waals surface area (Å²) in [4.78, 5) is 23.8. The molecule has 25 heavy (non-hydrogen) atoms. The van der Waals surface area contributed by atoms with E-state index in [1.807, 2.05) is 30.3 Å². The highest BCUT2D eigenvalue weighted by Gasteiger charge is 2.19. The SMILES string of the molecule is CCOC(=O)Cc1cc(NC(=O)OC(C)(C)C)n(-c2ccccc2)n1. The monoisotopic (exact) mass is 345 g/mol. The number of rotatable bonds is 5. The lowest BCUT2D eigenvalue weighted by molar-refractivity contribution is -0.142. The van der Waals surface area contributed by atoms with Crippen LogP contribution >= 0.6 is 0 Å². The zero-order valence-corrected chi connectivity index (χ0v) is 14.9. The molecule has 0 aliphatic heterocycles. The lowest BCUT2D eigenvalue weighted by atomic mass is 10.2. The molecule has 1 aromatic heterocycles. The van der Waals surface area contributed by atoms with Crippen molar-refractivity contribution in [2.24, 2.45) is 0 Å². The summed E-state index contributed by atoms with van der Waals surface area (Å²) in [6, 6.07) is 10.9. The number of amides is 1. The summed E-state index contributed by atoms with van der Waals surface area (Å²) in [5, 5.41) is 7.08. The fourth-order valence-electron chi connectivity index (χ4n) is 2.14. The molecule has 1 heterocycles. The van der Waals surface area contributed by atoms with E-state index in [9.17, 15) is 9.59 Å². The second kappa shape index (κ2) is 7.83. The fraction of sp³-hybridized carbons (Fsp3) is 0.389. The largest absolute Gasteiger partial charge is 0.466 e. The number of anilines is 1. The van der Waals surface area contributed by atoms with Gasteiger partial charge < -0.3 is 9.47 Å². The van der Waals surface area contributed by atoms with Crippen LogP contribution in [-0.4, -0.2) is 34.1 Å². The molecule has 0 saturated carbocycles. The Hall–Kier alpha value is -2.83. The van der Waals surface area contributed by atoms with Crippen LogP contribution in [0.5, 0.6) is 0 Å². The molecule has 0 saturated heterocycles. The molecule has 0 bridgehead atoms. The van der Waals surface area contributed by atoms with E-state index in [-0.39, 0.29) is 12.4 Å². The summed E-state index contributed by atoms with van der Waals surface area (Å²) in [5.74, 6) is 0.0452. The van der Waals surface area contributed by atoms with Gasteiger partial charge in [-0.15, -0.1) is 0 Å². The van der Waals surface area contributed by atoms with Crippen LogP contribution in [0.15, 0.2) is 36.4 Å². The van der Waals surface area contributed by atoms with Crippen molar-refractivity contribution in [2.75, 3.05) is 11.9 Å². The standard InChI is InChI=1S/C18H23N3O4/c1-5-24-16(22)12-13-11-15(19-17(23)25-18(2,3)4)21(20-13)14-9-7-6-8-10-14/h6-11H,5,12H2,1-4H3,(H,19,23). The van der Waals surface area contributed by atoms with Crippen LogP contribution in [0.4, 0.5) is 10.6 Å². The van der Waals surface area contributed by atoms with Crippen molar-refractivity contribution in [2.45, 2.75) is 39.7 Å². The molecule has 0 aliphatic carbocycles. The lowest BCUT2D eigenvalue weighted by Gasteiger charge is -2.19. The van der Waals surface area contributed by atoms with Gasteiger partial charge in [-0.3, -0.25) is 10.1 Å². The average Bonchev–Trinajstić information content (AvgIpc) is 2.88. The number of carbonyl (C=O) groups is 2. The number of hydrogen-bond donors (Lipinski definition) is 1. The third-order valence-corrected chi connectivity index (χ3v) is 3.02. The highest BCUT2D eigenvalue weighted by molar-refractivity contribution is 5.84. The van der Waals surface area contributed by atoms with Gasteiger partial charge in [0.05, 0.1) is 24.4 Å². The number of benzene rings is 1. The molecule has 1 amide bonds. The summed E-state index contributed by atoms with van der Waals surface area (Å²) in [7, 11) is 0. The Morgan fingerprint density at radius 1 is 1.20 bits per heavy atom. The van der Waals surface area contributed by atoms with Crippen LogP contribution in [-0.2, 0) is 20.7 Å². The van der Waals surface area contributed by atoms with Crippen LogP contribution in [0.25, 0.3) is 5.69 Å². The number of aromatic nitrogens is 2. The van der Waals surface area contributed by atoms with Crippen molar-refractivity contribution in [3.05, 3.63) is 42.1 Å². The Morgan fingerprint density at radius 3 is 2.48 bits per heavy atom. The highest BCUT2D eigenvalue weighted by Crippen LogP contribution is 2.19. The van der Waals surface area contributed by atoms with Gasteiger partial charge in [0, 0.05) is 6.07 Å². The number of esters is 1. The molecule has 0 spiro atoms. The van der Waals surface area contributed by atoms with E-state index >= 15 is 0 Å². The maximum absolute atomic E-state index is 12.1. The molecular weight excluding hydrogens is 322 g/mol. The third-order valence-electron chi connectivity index (χ3n) is 3.02. The number of nitrogens with one attached hydrogen (secondary N) is 1. The molecular formula is C18H23N3O4. The molecule has 2 rings (SSSR count). The Morgan fingerprint density at radius 2 is 1.88 bits per heavy atom. The van der Waals surface area contributed by atoms with Gasteiger partial charge in [-0.25, -0.2) is 9.48 Å². The van der Waals surface area contributed by atoms with E-state index in [4.69, 9.17) is 9.47 Å². The van der Waals surface area contributed by atoms with Crippen LogP contribution in [0.2, 0.25) is 0 Å². The second-order valence-corrected chi connectivity index (χ2v) is 6.38. The minimum atomic E-state index is -0.616. The van der Waals surface area contributed by atoms with E-state index in [2.05, 4.69) is 10.4 Å². The smallest absolute Gasteiger partial charge is 0.413 e. The molecule has 2 aromatic rings. The molecule has 0 radical (unpaired) electrons. The van der Waals surface area contributed by atoms with Gasteiger partial charge in [-0.1, -0.05) is 18.2 Å². The third kappa shape index (κ3) is 5.63. The quantitative estimate of drug-likeness (QED) is 0.841. The molecule has 7 nitrogen and oxygen atoms in total. The average molecular weight is 345 g/mol. The summed E-state index contributed by atoms with van der Waals surface area (Å²) in [6.45, 7) is 7.41. The molecule has 1 N–H and O–H groups in total. The van der Waals surface area contributed by atoms with Crippen molar-refractivity contribution >= 4 is 17.9 Å². The van der Waals surface area contributed by atoms with E-state index < -0.39 is 11.7 Å². The van der Waals surface area contributed by atoms with Crippen LogP contribution < -0.4 is 5.32 Å². The Labute approximate surface area is 146 Å². The Balaban J connectivity index is 2.27. The molecule has 7 heteroatoms. The summed E-state index contributed by atoms with van der Waals surface area (Å²) in [6.07, 6.45) is -0.566. The number of carbonyl (C=O) groups excluding carboxylic acids is 2. The molecule has 134 valence electrons. The topological polar surface area (TPSA) is 82.5 Å². The Kier molecular flexibility index (Phi) is 5.80. The predicted octanol–water partition coefficient (Wildman–Crippen LogP) is 3.32. The zero-order valence-electron chi connectivity index (χ0n) is 14.9. The van der Waals surface area contributed by atoms with Crippen molar-refractivity contribution in [1.29, 1.82) is 0 Å². The van der Waals surface area contributed by atoms with E-state index in [1.54, 1.807) is 38.4 Å². The summed E-state index contributed by atoms with van der Waals surface area (Å²) in [5.41, 5.74) is 0.632. The maximum Gasteiger partial charge on any atom is 0.413 e. The first-order valence-corrected chi connectivity index (χ1v) is 8.08.